The molecule has 0 radical (unpaired) electrons. The van der Waals surface area contributed by atoms with E-state index in [1.54, 1.807) is 0 Å². The minimum atomic E-state index is -0.107. The van der Waals surface area contributed by atoms with Crippen LogP contribution in [0.25, 0.3) is 0 Å². The van der Waals surface area contributed by atoms with Gasteiger partial charge in [0.05, 0.1) is 0 Å². The third kappa shape index (κ3) is 4.72. The van der Waals surface area contributed by atoms with Gasteiger partial charge in [-0.2, -0.15) is 25.3 Å². The first-order valence-electron chi connectivity index (χ1n) is 4.25. The van der Waals surface area contributed by atoms with Crippen molar-refractivity contribution in [2.24, 2.45) is 11.8 Å². The van der Waals surface area contributed by atoms with E-state index in [2.05, 4.69) is 25.3 Å². The molecule has 2 atom stereocenters. The SMILES string of the molecule is CC(=O)C(CS)CC(CS)C(C)=O. The van der Waals surface area contributed by atoms with Crippen LogP contribution in [-0.2, 0) is 9.59 Å². The Balaban J connectivity index is 4.19. The van der Waals surface area contributed by atoms with Crippen LogP contribution >= 0.6 is 25.3 Å². The summed E-state index contributed by atoms with van der Waals surface area (Å²) < 4.78 is 0. The molecule has 0 saturated heterocycles. The van der Waals surface area contributed by atoms with Crippen molar-refractivity contribution in [2.45, 2.75) is 20.3 Å². The summed E-state index contributed by atoms with van der Waals surface area (Å²) in [5, 5.41) is 0. The quantitative estimate of drug-likeness (QED) is 0.667. The number of carbonyl (C=O) groups is 2. The van der Waals surface area contributed by atoms with Gasteiger partial charge in [0.15, 0.2) is 0 Å². The minimum absolute atomic E-state index is 0.100. The van der Waals surface area contributed by atoms with Gasteiger partial charge in [0.1, 0.15) is 11.6 Å². The van der Waals surface area contributed by atoms with Crippen molar-refractivity contribution in [1.29, 1.82) is 0 Å². The molecule has 76 valence electrons. The van der Waals surface area contributed by atoms with E-state index in [-0.39, 0.29) is 23.4 Å². The van der Waals surface area contributed by atoms with Gasteiger partial charge in [0.2, 0.25) is 0 Å². The molecule has 0 aliphatic carbocycles. The van der Waals surface area contributed by atoms with E-state index in [4.69, 9.17) is 0 Å². The highest BCUT2D eigenvalue weighted by molar-refractivity contribution is 7.80. The van der Waals surface area contributed by atoms with Crippen LogP contribution in [0.2, 0.25) is 0 Å². The smallest absolute Gasteiger partial charge is 0.133 e. The van der Waals surface area contributed by atoms with Gasteiger partial charge in [-0.1, -0.05) is 0 Å². The summed E-state index contributed by atoms with van der Waals surface area (Å²) in [7, 11) is 0. The van der Waals surface area contributed by atoms with E-state index in [0.717, 1.165) is 0 Å². The predicted octanol–water partition coefficient (Wildman–Crippen LogP) is 1.65. The second-order valence-corrected chi connectivity index (χ2v) is 3.95. The normalized spacial score (nSPS) is 15.1. The maximum Gasteiger partial charge on any atom is 0.133 e. The fraction of sp³-hybridized carbons (Fsp3) is 0.778. The molecule has 0 fully saturated rings. The second kappa shape index (κ2) is 6.49. The molecule has 0 heterocycles. The number of hydrogen-bond acceptors (Lipinski definition) is 4. The Labute approximate surface area is 90.3 Å². The average Bonchev–Trinajstić information content (AvgIpc) is 2.05. The molecule has 0 N–H and O–H groups in total. The molecular formula is C9H16O2S2. The molecule has 0 aliphatic rings. The Morgan fingerprint density at radius 2 is 1.31 bits per heavy atom. The van der Waals surface area contributed by atoms with Gasteiger partial charge in [-0.3, -0.25) is 9.59 Å². The molecule has 0 saturated carbocycles. The van der Waals surface area contributed by atoms with Crippen LogP contribution in [0.1, 0.15) is 20.3 Å². The van der Waals surface area contributed by atoms with Crippen molar-refractivity contribution >= 4 is 36.8 Å². The number of rotatable bonds is 6. The van der Waals surface area contributed by atoms with Crippen molar-refractivity contribution in [3.8, 4) is 0 Å². The van der Waals surface area contributed by atoms with Crippen molar-refractivity contribution in [3.05, 3.63) is 0 Å². The minimum Gasteiger partial charge on any atom is -0.300 e. The molecule has 4 heteroatoms. The summed E-state index contributed by atoms with van der Waals surface area (Å²) in [6.07, 6.45) is 0.581. The Hall–Kier alpha value is 0.0400. The monoisotopic (exact) mass is 220 g/mol. The standard InChI is InChI=1S/C9H16O2S2/c1-6(10)8(4-12)3-9(5-13)7(2)11/h8-9,12-13H,3-5H2,1-2H3. The van der Waals surface area contributed by atoms with Gasteiger partial charge in [-0.25, -0.2) is 0 Å². The third-order valence-corrected chi connectivity index (χ3v) is 3.04. The van der Waals surface area contributed by atoms with Crippen LogP contribution in [0.4, 0.5) is 0 Å². The molecule has 0 rings (SSSR count). The lowest BCUT2D eigenvalue weighted by molar-refractivity contribution is -0.122. The molecular weight excluding hydrogens is 204 g/mol. The van der Waals surface area contributed by atoms with Crippen molar-refractivity contribution in [2.75, 3.05) is 11.5 Å². The summed E-state index contributed by atoms with van der Waals surface area (Å²) in [6, 6.07) is 0. The molecule has 0 aromatic rings. The van der Waals surface area contributed by atoms with Gasteiger partial charge in [-0.05, 0) is 31.8 Å². The molecule has 0 aromatic carbocycles. The lowest BCUT2D eigenvalue weighted by atomic mass is 9.92. The zero-order valence-corrected chi connectivity index (χ0v) is 9.78. The lowest BCUT2D eigenvalue weighted by Gasteiger charge is -2.16. The lowest BCUT2D eigenvalue weighted by Crippen LogP contribution is -2.22. The summed E-state index contributed by atoms with van der Waals surface area (Å²) in [6.45, 7) is 3.08. The summed E-state index contributed by atoms with van der Waals surface area (Å²) in [5.74, 6) is 1.000. The highest BCUT2D eigenvalue weighted by Crippen LogP contribution is 2.17. The molecule has 13 heavy (non-hydrogen) atoms. The van der Waals surface area contributed by atoms with Crippen LogP contribution in [0.15, 0.2) is 0 Å². The Morgan fingerprint density at radius 1 is 1.00 bits per heavy atom. The molecule has 2 unspecified atom stereocenters. The van der Waals surface area contributed by atoms with Gasteiger partial charge in [-0.15, -0.1) is 0 Å². The van der Waals surface area contributed by atoms with E-state index < -0.39 is 0 Å². The summed E-state index contributed by atoms with van der Waals surface area (Å²) in [4.78, 5) is 22.1. The molecule has 0 bridgehead atoms. The maximum absolute atomic E-state index is 11.1. The van der Waals surface area contributed by atoms with Gasteiger partial charge < -0.3 is 0 Å². The molecule has 0 spiro atoms. The third-order valence-electron chi connectivity index (χ3n) is 2.16. The number of Topliss-reactive ketones (excluding diaryl/α,β-unsaturated/α-hetero) is 2. The van der Waals surface area contributed by atoms with Crippen molar-refractivity contribution in [1.82, 2.24) is 0 Å². The fourth-order valence-corrected chi connectivity index (χ4v) is 1.89. The Kier molecular flexibility index (Phi) is 6.51. The summed E-state index contributed by atoms with van der Waals surface area (Å²) >= 11 is 8.16. The van der Waals surface area contributed by atoms with Crippen molar-refractivity contribution in [3.63, 3.8) is 0 Å². The first-order chi connectivity index (χ1) is 6.02. The predicted molar refractivity (Wildman–Crippen MR) is 60.7 cm³/mol. The number of carbonyl (C=O) groups excluding carboxylic acids is 2. The highest BCUT2D eigenvalue weighted by Gasteiger charge is 2.20. The van der Waals surface area contributed by atoms with Crippen molar-refractivity contribution < 1.29 is 9.59 Å². The maximum atomic E-state index is 11.1. The van der Waals surface area contributed by atoms with E-state index in [1.807, 2.05) is 0 Å². The van der Waals surface area contributed by atoms with Gasteiger partial charge in [0.25, 0.3) is 0 Å². The molecule has 0 amide bonds. The van der Waals surface area contributed by atoms with Crippen LogP contribution in [0.5, 0.6) is 0 Å². The Bertz CT molecular complexity index is 172. The van der Waals surface area contributed by atoms with Gasteiger partial charge >= 0.3 is 0 Å². The first-order valence-corrected chi connectivity index (χ1v) is 5.52. The number of thiol groups is 2. The summed E-state index contributed by atoms with van der Waals surface area (Å²) in [5.41, 5.74) is 0. The van der Waals surface area contributed by atoms with Crippen LogP contribution in [0, 0.1) is 11.8 Å². The second-order valence-electron chi connectivity index (χ2n) is 3.22. The molecule has 0 aromatic heterocycles. The Morgan fingerprint density at radius 3 is 1.46 bits per heavy atom. The zero-order chi connectivity index (χ0) is 10.4. The number of hydrogen-bond donors (Lipinski definition) is 2. The van der Waals surface area contributed by atoms with Crippen LogP contribution in [-0.4, -0.2) is 23.1 Å². The molecule has 0 aliphatic heterocycles. The number of ketones is 2. The van der Waals surface area contributed by atoms with Crippen LogP contribution in [0.3, 0.4) is 0 Å². The largest absolute Gasteiger partial charge is 0.300 e. The van der Waals surface area contributed by atoms with E-state index in [0.29, 0.717) is 17.9 Å². The molecule has 2 nitrogen and oxygen atoms in total. The topological polar surface area (TPSA) is 34.1 Å². The fourth-order valence-electron chi connectivity index (χ4n) is 1.08. The highest BCUT2D eigenvalue weighted by atomic mass is 32.1. The first kappa shape index (κ1) is 13.0. The van der Waals surface area contributed by atoms with Gasteiger partial charge in [0, 0.05) is 11.8 Å². The van der Waals surface area contributed by atoms with Crippen LogP contribution < -0.4 is 0 Å². The van der Waals surface area contributed by atoms with E-state index in [9.17, 15) is 9.59 Å². The van der Waals surface area contributed by atoms with E-state index >= 15 is 0 Å². The zero-order valence-electron chi connectivity index (χ0n) is 7.99. The average molecular weight is 220 g/mol. The van der Waals surface area contributed by atoms with E-state index in [1.165, 1.54) is 13.8 Å².